The van der Waals surface area contributed by atoms with Gasteiger partial charge in [0, 0.05) is 36.3 Å². The molecule has 0 unspecified atom stereocenters. The Balaban J connectivity index is 1.43. The van der Waals surface area contributed by atoms with Gasteiger partial charge in [0.15, 0.2) is 23.3 Å². The summed E-state index contributed by atoms with van der Waals surface area (Å²) in [6.45, 7) is 3.66. The van der Waals surface area contributed by atoms with E-state index in [0.29, 0.717) is 30.3 Å². The number of carboxylic acids is 1. The maximum atomic E-state index is 15.0. The van der Waals surface area contributed by atoms with Crippen LogP contribution in [0.2, 0.25) is 5.02 Å². The largest absolute Gasteiger partial charge is 0.494 e. The second-order valence-corrected chi connectivity index (χ2v) is 10.5. The molecule has 1 saturated carbocycles. The van der Waals surface area contributed by atoms with Crippen LogP contribution in [0.5, 0.6) is 17.5 Å². The fourth-order valence-electron chi connectivity index (χ4n) is 5.15. The Morgan fingerprint density at radius 3 is 2.34 bits per heavy atom. The zero-order chi connectivity index (χ0) is 27.2. The number of aromatic nitrogens is 1. The Labute approximate surface area is 227 Å². The van der Waals surface area contributed by atoms with Crippen LogP contribution in [0.15, 0.2) is 54.6 Å². The first-order chi connectivity index (χ1) is 18.2. The maximum absolute atomic E-state index is 15.0. The number of aromatic hydroxyl groups is 2. The van der Waals surface area contributed by atoms with E-state index in [9.17, 15) is 24.5 Å². The Morgan fingerprint density at radius 1 is 1.08 bits per heavy atom. The van der Waals surface area contributed by atoms with Crippen molar-refractivity contribution in [1.29, 1.82) is 0 Å². The summed E-state index contributed by atoms with van der Waals surface area (Å²) in [6, 6.07) is 15.4. The maximum Gasteiger partial charge on any atom is 0.306 e. The lowest BCUT2D eigenvalue weighted by atomic mass is 9.81. The molecule has 0 bridgehead atoms. The molecule has 1 aromatic heterocycles. The van der Waals surface area contributed by atoms with Crippen LogP contribution < -0.4 is 4.74 Å². The van der Waals surface area contributed by atoms with Gasteiger partial charge in [-0.15, -0.1) is 0 Å². The molecule has 9 heteroatoms. The van der Waals surface area contributed by atoms with Crippen molar-refractivity contribution in [1.82, 2.24) is 9.47 Å². The van der Waals surface area contributed by atoms with Crippen molar-refractivity contribution in [2.45, 2.75) is 51.7 Å². The molecule has 4 rings (SSSR count). The molecular formula is C29H34ClFN2O5. The van der Waals surface area contributed by atoms with Gasteiger partial charge in [-0.25, -0.2) is 4.39 Å². The monoisotopic (exact) mass is 544 g/mol. The minimum atomic E-state index is -0.713. The van der Waals surface area contributed by atoms with Crippen molar-refractivity contribution < 1.29 is 29.2 Å². The summed E-state index contributed by atoms with van der Waals surface area (Å²) < 4.78 is 21.8. The highest BCUT2D eigenvalue weighted by atomic mass is 35.5. The van der Waals surface area contributed by atoms with Gasteiger partial charge in [0.2, 0.25) is 0 Å². The average Bonchev–Trinajstić information content (AvgIpc) is 3.22. The number of carboxylic acid groups (broad SMARTS) is 1. The van der Waals surface area contributed by atoms with Crippen LogP contribution in [0.3, 0.4) is 0 Å². The summed E-state index contributed by atoms with van der Waals surface area (Å²) in [4.78, 5) is 13.7. The van der Waals surface area contributed by atoms with Gasteiger partial charge in [-0.05, 0) is 73.9 Å². The second kappa shape index (κ2) is 12.5. The van der Waals surface area contributed by atoms with Gasteiger partial charge in [0.05, 0.1) is 12.5 Å². The number of nitrogens with zero attached hydrogens (tertiary/aromatic N) is 2. The van der Waals surface area contributed by atoms with E-state index in [4.69, 9.17) is 16.3 Å². The van der Waals surface area contributed by atoms with E-state index < -0.39 is 11.8 Å². The van der Waals surface area contributed by atoms with E-state index in [-0.39, 0.29) is 42.6 Å². The molecule has 0 spiro atoms. The standard InChI is InChI=1S/C29H34ClFN2O5/c1-19(22-7-9-24(30)10-8-22)32(17-20-2-5-23(6-3-20)29(36)37)18-21-4-11-26(25(31)16-21)38-15-14-33-27(34)12-13-28(33)35/h4,7-13,16,19-20,23,34-35H,2-3,5-6,14-15,17-18H2,1H3,(H,36,37)/t19-,20?,23?/m0/s1. The van der Waals surface area contributed by atoms with Gasteiger partial charge in [-0.3, -0.25) is 14.3 Å². The summed E-state index contributed by atoms with van der Waals surface area (Å²) in [6.07, 6.45) is 3.08. The van der Waals surface area contributed by atoms with Gasteiger partial charge in [-0.1, -0.05) is 29.8 Å². The molecule has 38 heavy (non-hydrogen) atoms. The van der Waals surface area contributed by atoms with Crippen molar-refractivity contribution >= 4 is 17.6 Å². The normalized spacial score (nSPS) is 18.4. The number of carbonyl (C=O) groups is 1. The Hall–Kier alpha value is -3.23. The highest BCUT2D eigenvalue weighted by Crippen LogP contribution is 2.33. The van der Waals surface area contributed by atoms with Crippen molar-refractivity contribution in [3.8, 4) is 17.5 Å². The van der Waals surface area contributed by atoms with Crippen LogP contribution in [0, 0.1) is 17.7 Å². The number of benzene rings is 2. The van der Waals surface area contributed by atoms with Crippen LogP contribution in [-0.4, -0.2) is 43.9 Å². The molecule has 7 nitrogen and oxygen atoms in total. The molecule has 1 atom stereocenters. The molecule has 0 radical (unpaired) electrons. The lowest BCUT2D eigenvalue weighted by Crippen LogP contribution is -2.34. The van der Waals surface area contributed by atoms with Crippen molar-refractivity contribution in [3.05, 3.63) is 76.6 Å². The highest BCUT2D eigenvalue weighted by molar-refractivity contribution is 6.30. The fourth-order valence-corrected chi connectivity index (χ4v) is 5.28. The van der Waals surface area contributed by atoms with Crippen LogP contribution in [0.4, 0.5) is 4.39 Å². The van der Waals surface area contributed by atoms with Crippen molar-refractivity contribution in [2.75, 3.05) is 13.2 Å². The first kappa shape index (κ1) is 27.8. The molecule has 3 N–H and O–H groups in total. The summed E-state index contributed by atoms with van der Waals surface area (Å²) in [5, 5.41) is 29.5. The third kappa shape index (κ3) is 6.99. The van der Waals surface area contributed by atoms with Gasteiger partial charge in [0.25, 0.3) is 0 Å². The number of hydrogen-bond donors (Lipinski definition) is 3. The average molecular weight is 545 g/mol. The van der Waals surface area contributed by atoms with E-state index >= 15 is 0 Å². The van der Waals surface area contributed by atoms with Crippen molar-refractivity contribution in [2.24, 2.45) is 11.8 Å². The number of halogens is 2. The minimum absolute atomic E-state index is 0.0466. The number of rotatable bonds is 11. The lowest BCUT2D eigenvalue weighted by Gasteiger charge is -2.35. The second-order valence-electron chi connectivity index (χ2n) is 10.0. The first-order valence-corrected chi connectivity index (χ1v) is 13.3. The summed E-state index contributed by atoms with van der Waals surface area (Å²) in [7, 11) is 0. The van der Waals surface area contributed by atoms with E-state index in [1.54, 1.807) is 6.07 Å². The molecule has 0 saturated heterocycles. The Bertz CT molecular complexity index is 1200. The smallest absolute Gasteiger partial charge is 0.306 e. The topological polar surface area (TPSA) is 95.2 Å². The molecular weight excluding hydrogens is 511 g/mol. The highest BCUT2D eigenvalue weighted by Gasteiger charge is 2.28. The Morgan fingerprint density at radius 2 is 1.74 bits per heavy atom. The van der Waals surface area contributed by atoms with Gasteiger partial charge >= 0.3 is 5.97 Å². The number of hydrogen-bond acceptors (Lipinski definition) is 5. The van der Waals surface area contributed by atoms with Gasteiger partial charge in [0.1, 0.15) is 6.61 Å². The quantitative estimate of drug-likeness (QED) is 0.265. The van der Waals surface area contributed by atoms with Gasteiger partial charge in [-0.2, -0.15) is 0 Å². The van der Waals surface area contributed by atoms with Crippen LogP contribution >= 0.6 is 11.6 Å². The van der Waals surface area contributed by atoms with E-state index in [2.05, 4.69) is 11.8 Å². The number of ether oxygens (including phenoxy) is 1. The predicted molar refractivity (Wildman–Crippen MR) is 143 cm³/mol. The van der Waals surface area contributed by atoms with Crippen LogP contribution in [0.25, 0.3) is 0 Å². The molecule has 0 aliphatic heterocycles. The molecule has 0 amide bonds. The predicted octanol–water partition coefficient (Wildman–Crippen LogP) is 6.23. The van der Waals surface area contributed by atoms with E-state index in [1.165, 1.54) is 22.8 Å². The Kier molecular flexibility index (Phi) is 9.17. The fraction of sp³-hybridized carbons (Fsp3) is 0.414. The van der Waals surface area contributed by atoms with Crippen LogP contribution in [0.1, 0.15) is 49.8 Å². The third-order valence-electron chi connectivity index (χ3n) is 7.48. The summed E-state index contributed by atoms with van der Waals surface area (Å²) in [5.41, 5.74) is 1.90. The molecule has 1 heterocycles. The summed E-state index contributed by atoms with van der Waals surface area (Å²) >= 11 is 6.09. The third-order valence-corrected chi connectivity index (χ3v) is 7.73. The molecule has 3 aromatic rings. The zero-order valence-corrected chi connectivity index (χ0v) is 22.1. The SMILES string of the molecule is C[C@@H](c1ccc(Cl)cc1)N(Cc1ccc(OCCn2c(O)ccc2O)c(F)c1)CC1CCC(C(=O)O)CC1. The molecule has 1 fully saturated rings. The van der Waals surface area contributed by atoms with Gasteiger partial charge < -0.3 is 20.1 Å². The van der Waals surface area contributed by atoms with Crippen LogP contribution in [-0.2, 0) is 17.9 Å². The molecule has 1 aliphatic carbocycles. The zero-order valence-electron chi connectivity index (χ0n) is 21.4. The number of aliphatic carboxylic acids is 1. The minimum Gasteiger partial charge on any atom is -0.494 e. The first-order valence-electron chi connectivity index (χ1n) is 12.9. The van der Waals surface area contributed by atoms with Crippen molar-refractivity contribution in [3.63, 3.8) is 0 Å². The summed E-state index contributed by atoms with van der Waals surface area (Å²) in [5.74, 6) is -1.17. The van der Waals surface area contributed by atoms with E-state index in [1.807, 2.05) is 30.3 Å². The molecule has 204 valence electrons. The molecule has 2 aromatic carbocycles. The molecule has 1 aliphatic rings. The lowest BCUT2D eigenvalue weighted by molar-refractivity contribution is -0.143. The van der Waals surface area contributed by atoms with E-state index in [0.717, 1.165) is 30.5 Å².